The number of aromatic nitrogens is 2. The molecule has 0 spiro atoms. The second-order valence-corrected chi connectivity index (χ2v) is 7.75. The SMILES string of the molecule is CCCCC1C(=O)N(C)CCN1C(=O)NCc1nc2ccccc2n1C(C)C. The molecule has 1 unspecified atom stereocenters. The van der Waals surface area contributed by atoms with Crippen LogP contribution in [-0.2, 0) is 11.3 Å². The fourth-order valence-electron chi connectivity index (χ4n) is 3.88. The van der Waals surface area contributed by atoms with Gasteiger partial charge in [-0.05, 0) is 32.4 Å². The van der Waals surface area contributed by atoms with E-state index in [2.05, 4.69) is 30.7 Å². The van der Waals surface area contributed by atoms with E-state index in [1.165, 1.54) is 0 Å². The molecule has 7 heteroatoms. The Morgan fingerprint density at radius 1 is 1.29 bits per heavy atom. The minimum Gasteiger partial charge on any atom is -0.342 e. The molecule has 1 N–H and O–H groups in total. The number of benzene rings is 1. The molecule has 152 valence electrons. The van der Waals surface area contributed by atoms with Crippen molar-refractivity contribution in [1.29, 1.82) is 0 Å². The Balaban J connectivity index is 1.75. The van der Waals surface area contributed by atoms with E-state index in [1.54, 1.807) is 9.80 Å². The number of likely N-dealkylation sites (N-methyl/N-ethyl adjacent to an activating group) is 1. The molecule has 3 amide bonds. The number of nitrogens with one attached hydrogen (secondary N) is 1. The summed E-state index contributed by atoms with van der Waals surface area (Å²) in [5.74, 6) is 0.861. The second kappa shape index (κ2) is 8.63. The van der Waals surface area contributed by atoms with Gasteiger partial charge in [-0.2, -0.15) is 0 Å². The van der Waals surface area contributed by atoms with Crippen molar-refractivity contribution in [3.8, 4) is 0 Å². The van der Waals surface area contributed by atoms with Gasteiger partial charge in [0.25, 0.3) is 0 Å². The smallest absolute Gasteiger partial charge is 0.318 e. The number of carbonyl (C=O) groups excluding carboxylic acids is 2. The highest BCUT2D eigenvalue weighted by atomic mass is 16.2. The minimum absolute atomic E-state index is 0.0317. The van der Waals surface area contributed by atoms with Crippen LogP contribution in [0.1, 0.15) is 51.9 Å². The van der Waals surface area contributed by atoms with Crippen molar-refractivity contribution >= 4 is 23.0 Å². The lowest BCUT2D eigenvalue weighted by Crippen LogP contribution is -2.59. The highest BCUT2D eigenvalue weighted by molar-refractivity contribution is 5.88. The third-order valence-corrected chi connectivity index (χ3v) is 5.39. The van der Waals surface area contributed by atoms with E-state index in [1.807, 2.05) is 31.3 Å². The summed E-state index contributed by atoms with van der Waals surface area (Å²) in [6.07, 6.45) is 2.64. The Bertz CT molecular complexity index is 844. The van der Waals surface area contributed by atoms with Gasteiger partial charge in [0.15, 0.2) is 0 Å². The van der Waals surface area contributed by atoms with Crippen molar-refractivity contribution in [1.82, 2.24) is 24.7 Å². The second-order valence-electron chi connectivity index (χ2n) is 7.75. The van der Waals surface area contributed by atoms with Crippen LogP contribution in [0.2, 0.25) is 0 Å². The fourth-order valence-corrected chi connectivity index (χ4v) is 3.88. The first-order valence-corrected chi connectivity index (χ1v) is 10.2. The zero-order chi connectivity index (χ0) is 20.3. The Morgan fingerprint density at radius 3 is 2.75 bits per heavy atom. The molecule has 1 fully saturated rings. The number of unbranched alkanes of at least 4 members (excludes halogenated alkanes) is 1. The average Bonchev–Trinajstić information content (AvgIpc) is 3.05. The quantitative estimate of drug-likeness (QED) is 0.830. The van der Waals surface area contributed by atoms with Crippen LogP contribution in [-0.4, -0.2) is 57.5 Å². The number of para-hydroxylation sites is 2. The van der Waals surface area contributed by atoms with Gasteiger partial charge < -0.3 is 19.7 Å². The number of hydrogen-bond donors (Lipinski definition) is 1. The maximum atomic E-state index is 12.9. The highest BCUT2D eigenvalue weighted by Gasteiger charge is 2.35. The van der Waals surface area contributed by atoms with Gasteiger partial charge in [0.1, 0.15) is 11.9 Å². The number of amides is 3. The number of piperazine rings is 1. The predicted molar refractivity (Wildman–Crippen MR) is 110 cm³/mol. The van der Waals surface area contributed by atoms with Gasteiger partial charge in [0, 0.05) is 26.2 Å². The van der Waals surface area contributed by atoms with E-state index in [-0.39, 0.29) is 24.0 Å². The molecule has 3 rings (SSSR count). The molecule has 1 atom stereocenters. The number of urea groups is 1. The molecule has 0 radical (unpaired) electrons. The van der Waals surface area contributed by atoms with E-state index in [4.69, 9.17) is 4.98 Å². The lowest BCUT2D eigenvalue weighted by atomic mass is 10.0. The van der Waals surface area contributed by atoms with Gasteiger partial charge in [-0.1, -0.05) is 31.9 Å². The van der Waals surface area contributed by atoms with Gasteiger partial charge >= 0.3 is 6.03 Å². The molecule has 1 aliphatic rings. The summed E-state index contributed by atoms with van der Waals surface area (Å²) >= 11 is 0. The first kappa shape index (κ1) is 20.2. The number of carbonyl (C=O) groups is 2. The summed E-state index contributed by atoms with van der Waals surface area (Å²) in [6.45, 7) is 7.78. The molecule has 2 heterocycles. The Morgan fingerprint density at radius 2 is 2.04 bits per heavy atom. The zero-order valence-electron chi connectivity index (χ0n) is 17.3. The van der Waals surface area contributed by atoms with Crippen LogP contribution in [0, 0.1) is 0 Å². The number of nitrogens with zero attached hydrogens (tertiary/aromatic N) is 4. The lowest BCUT2D eigenvalue weighted by molar-refractivity contribution is -0.138. The van der Waals surface area contributed by atoms with Crippen molar-refractivity contribution < 1.29 is 9.59 Å². The normalized spacial score (nSPS) is 17.6. The maximum Gasteiger partial charge on any atom is 0.318 e. The third-order valence-electron chi connectivity index (χ3n) is 5.39. The lowest BCUT2D eigenvalue weighted by Gasteiger charge is -2.39. The van der Waals surface area contributed by atoms with Crippen molar-refractivity contribution in [2.45, 2.75) is 58.7 Å². The summed E-state index contributed by atoms with van der Waals surface area (Å²) in [4.78, 5) is 33.6. The van der Waals surface area contributed by atoms with Crippen LogP contribution in [0.4, 0.5) is 4.79 Å². The average molecular weight is 386 g/mol. The van der Waals surface area contributed by atoms with E-state index in [9.17, 15) is 9.59 Å². The summed E-state index contributed by atoms with van der Waals surface area (Å²) in [5.41, 5.74) is 1.99. The molecular weight excluding hydrogens is 354 g/mol. The molecule has 28 heavy (non-hydrogen) atoms. The number of imidazole rings is 1. The van der Waals surface area contributed by atoms with Crippen molar-refractivity contribution in [2.24, 2.45) is 0 Å². The minimum atomic E-state index is -0.373. The Kier molecular flexibility index (Phi) is 6.21. The van der Waals surface area contributed by atoms with Gasteiger partial charge in [-0.3, -0.25) is 4.79 Å². The van der Waals surface area contributed by atoms with Crippen molar-refractivity contribution in [3.05, 3.63) is 30.1 Å². The highest BCUT2D eigenvalue weighted by Crippen LogP contribution is 2.21. The molecule has 0 saturated carbocycles. The molecule has 7 nitrogen and oxygen atoms in total. The molecule has 0 aliphatic carbocycles. The molecule has 1 aromatic carbocycles. The van der Waals surface area contributed by atoms with Crippen LogP contribution in [0.3, 0.4) is 0 Å². The number of hydrogen-bond acceptors (Lipinski definition) is 3. The largest absolute Gasteiger partial charge is 0.342 e. The van der Waals surface area contributed by atoms with E-state index >= 15 is 0 Å². The molecule has 1 aromatic heterocycles. The molecule has 1 aliphatic heterocycles. The van der Waals surface area contributed by atoms with Gasteiger partial charge in [0.05, 0.1) is 17.6 Å². The summed E-state index contributed by atoms with van der Waals surface area (Å²) < 4.78 is 2.15. The molecule has 0 bridgehead atoms. The summed E-state index contributed by atoms with van der Waals surface area (Å²) in [6, 6.07) is 7.68. The zero-order valence-corrected chi connectivity index (χ0v) is 17.3. The van der Waals surface area contributed by atoms with Gasteiger partial charge in [0.2, 0.25) is 5.91 Å². The van der Waals surface area contributed by atoms with E-state index in [0.29, 0.717) is 26.1 Å². The van der Waals surface area contributed by atoms with Crippen LogP contribution >= 0.6 is 0 Å². The monoisotopic (exact) mass is 385 g/mol. The van der Waals surface area contributed by atoms with Gasteiger partial charge in [-0.15, -0.1) is 0 Å². The standard InChI is InChI=1S/C21H31N5O2/c1-5-6-10-18-20(27)24(4)12-13-25(18)21(28)22-14-19-23-16-9-7-8-11-17(16)26(19)15(2)3/h7-9,11,15,18H,5-6,10,12-14H2,1-4H3,(H,22,28). The summed E-state index contributed by atoms with van der Waals surface area (Å²) in [5, 5.41) is 3.00. The first-order chi connectivity index (χ1) is 13.4. The molecule has 1 saturated heterocycles. The Hall–Kier alpha value is -2.57. The first-order valence-electron chi connectivity index (χ1n) is 10.2. The van der Waals surface area contributed by atoms with Crippen molar-refractivity contribution in [2.75, 3.05) is 20.1 Å². The summed E-state index contributed by atoms with van der Waals surface area (Å²) in [7, 11) is 1.81. The van der Waals surface area contributed by atoms with Crippen LogP contribution in [0.15, 0.2) is 24.3 Å². The number of rotatable bonds is 6. The maximum absolute atomic E-state index is 12.9. The van der Waals surface area contributed by atoms with Crippen LogP contribution in [0.5, 0.6) is 0 Å². The Labute approximate surface area is 166 Å². The van der Waals surface area contributed by atoms with Crippen LogP contribution in [0.25, 0.3) is 11.0 Å². The van der Waals surface area contributed by atoms with Crippen LogP contribution < -0.4 is 5.32 Å². The molecular formula is C21H31N5O2. The fraction of sp³-hybridized carbons (Fsp3) is 0.571. The topological polar surface area (TPSA) is 70.5 Å². The van der Waals surface area contributed by atoms with Gasteiger partial charge in [-0.25, -0.2) is 9.78 Å². The van der Waals surface area contributed by atoms with E-state index in [0.717, 1.165) is 29.7 Å². The third kappa shape index (κ3) is 3.98. The number of fused-ring (bicyclic) bond motifs is 1. The van der Waals surface area contributed by atoms with E-state index < -0.39 is 0 Å². The molecule has 2 aromatic rings. The van der Waals surface area contributed by atoms with Crippen molar-refractivity contribution in [3.63, 3.8) is 0 Å². The predicted octanol–water partition coefficient (Wildman–Crippen LogP) is 3.16.